The first-order valence-corrected chi connectivity index (χ1v) is 6.55. The van der Waals surface area contributed by atoms with Crippen molar-refractivity contribution in [1.82, 2.24) is 4.90 Å². The molecule has 0 saturated carbocycles. The summed E-state index contributed by atoms with van der Waals surface area (Å²) in [6.07, 6.45) is 4.40. The molecule has 0 bridgehead atoms. The average molecular weight is 232 g/mol. The molecule has 0 aliphatic heterocycles. The van der Waals surface area contributed by atoms with Gasteiger partial charge in [-0.05, 0) is 31.0 Å². The third-order valence-electron chi connectivity index (χ3n) is 2.82. The van der Waals surface area contributed by atoms with Crippen molar-refractivity contribution in [2.24, 2.45) is 0 Å². The van der Waals surface area contributed by atoms with Crippen molar-refractivity contribution in [3.8, 4) is 0 Å². The van der Waals surface area contributed by atoms with Crippen molar-refractivity contribution in [3.63, 3.8) is 0 Å². The van der Waals surface area contributed by atoms with Gasteiger partial charge in [-0.25, -0.2) is 0 Å². The molecule has 0 aromatic heterocycles. The zero-order valence-electron chi connectivity index (χ0n) is 10.9. The summed E-state index contributed by atoms with van der Waals surface area (Å²) in [5.74, 6) is 0.154. The highest BCUT2D eigenvalue weighted by Gasteiger charge is 2.13. The highest BCUT2D eigenvalue weighted by molar-refractivity contribution is 5.94. The molecular formula is C15H22NO. The molecule has 93 valence electrons. The fourth-order valence-electron chi connectivity index (χ4n) is 1.72. The highest BCUT2D eigenvalue weighted by atomic mass is 16.2. The Morgan fingerprint density at radius 2 is 1.65 bits per heavy atom. The Labute approximate surface area is 105 Å². The quantitative estimate of drug-likeness (QED) is 0.704. The highest BCUT2D eigenvalue weighted by Crippen LogP contribution is 2.07. The van der Waals surface area contributed by atoms with Gasteiger partial charge in [-0.15, -0.1) is 0 Å². The Kier molecular flexibility index (Phi) is 6.38. The second kappa shape index (κ2) is 7.88. The van der Waals surface area contributed by atoms with Crippen LogP contribution in [0.15, 0.2) is 24.3 Å². The minimum absolute atomic E-state index is 0.154. The Bertz CT molecular complexity index is 313. The number of carbonyl (C=O) groups excluding carboxylic acids is 1. The molecule has 0 heterocycles. The molecule has 0 N–H and O–H groups in total. The van der Waals surface area contributed by atoms with Crippen molar-refractivity contribution in [1.29, 1.82) is 0 Å². The van der Waals surface area contributed by atoms with Gasteiger partial charge in [0.1, 0.15) is 0 Å². The second-order valence-electron chi connectivity index (χ2n) is 4.29. The fourth-order valence-corrected chi connectivity index (χ4v) is 1.72. The number of carbonyl (C=O) groups is 1. The lowest BCUT2D eigenvalue weighted by Crippen LogP contribution is -2.32. The molecular weight excluding hydrogens is 210 g/mol. The summed E-state index contributed by atoms with van der Waals surface area (Å²) in [6, 6.07) is 10.2. The van der Waals surface area contributed by atoms with E-state index in [-0.39, 0.29) is 5.91 Å². The van der Waals surface area contributed by atoms with Crippen molar-refractivity contribution in [3.05, 3.63) is 35.9 Å². The maximum atomic E-state index is 12.3. The van der Waals surface area contributed by atoms with Crippen LogP contribution >= 0.6 is 0 Å². The number of rotatable bonds is 7. The van der Waals surface area contributed by atoms with Crippen LogP contribution in [0.4, 0.5) is 0 Å². The lowest BCUT2D eigenvalue weighted by atomic mass is 10.1. The van der Waals surface area contributed by atoms with Gasteiger partial charge >= 0.3 is 0 Å². The molecule has 1 radical (unpaired) electrons. The van der Waals surface area contributed by atoms with Crippen LogP contribution in [0.3, 0.4) is 0 Å². The molecule has 0 spiro atoms. The molecule has 0 unspecified atom stereocenters. The van der Waals surface area contributed by atoms with Gasteiger partial charge < -0.3 is 4.90 Å². The molecule has 0 aliphatic carbocycles. The summed E-state index contributed by atoms with van der Waals surface area (Å²) < 4.78 is 0. The van der Waals surface area contributed by atoms with E-state index in [0.717, 1.165) is 44.3 Å². The largest absolute Gasteiger partial charge is 0.339 e. The summed E-state index contributed by atoms with van der Waals surface area (Å²) in [5, 5.41) is 0. The predicted molar refractivity (Wildman–Crippen MR) is 71.0 cm³/mol. The smallest absolute Gasteiger partial charge is 0.253 e. The lowest BCUT2D eigenvalue weighted by molar-refractivity contribution is 0.0751. The Hall–Kier alpha value is -1.31. The first-order valence-electron chi connectivity index (χ1n) is 6.55. The molecule has 2 heteroatoms. The maximum absolute atomic E-state index is 12.3. The third-order valence-corrected chi connectivity index (χ3v) is 2.82. The first-order chi connectivity index (χ1) is 8.29. The summed E-state index contributed by atoms with van der Waals surface area (Å²) in [7, 11) is 0. The summed E-state index contributed by atoms with van der Waals surface area (Å²) in [5.41, 5.74) is 0.774. The van der Waals surface area contributed by atoms with Crippen LogP contribution in [-0.4, -0.2) is 23.9 Å². The third kappa shape index (κ3) is 4.59. The normalized spacial score (nSPS) is 10.2. The van der Waals surface area contributed by atoms with E-state index in [1.165, 1.54) is 0 Å². The Balaban J connectivity index is 2.64. The SMILES string of the molecule is CCCCN(CCCC)C(=O)c1cc[c]cc1. The second-order valence-corrected chi connectivity index (χ2v) is 4.29. The van der Waals surface area contributed by atoms with Gasteiger partial charge in [0.25, 0.3) is 5.91 Å². The molecule has 1 aromatic carbocycles. The van der Waals surface area contributed by atoms with Crippen LogP contribution in [0.5, 0.6) is 0 Å². The predicted octanol–water partition coefficient (Wildman–Crippen LogP) is 3.53. The van der Waals surface area contributed by atoms with Gasteiger partial charge in [0.15, 0.2) is 0 Å². The number of benzene rings is 1. The van der Waals surface area contributed by atoms with E-state index in [9.17, 15) is 4.79 Å². The van der Waals surface area contributed by atoms with Gasteiger partial charge in [0.05, 0.1) is 0 Å². The van der Waals surface area contributed by atoms with Crippen LogP contribution in [0.1, 0.15) is 49.9 Å². The Morgan fingerprint density at radius 3 is 2.12 bits per heavy atom. The van der Waals surface area contributed by atoms with E-state index in [4.69, 9.17) is 0 Å². The first kappa shape index (κ1) is 13.8. The summed E-state index contributed by atoms with van der Waals surface area (Å²) in [4.78, 5) is 14.2. The van der Waals surface area contributed by atoms with Crippen molar-refractivity contribution < 1.29 is 4.79 Å². The summed E-state index contributed by atoms with van der Waals surface area (Å²) >= 11 is 0. The van der Waals surface area contributed by atoms with Crippen LogP contribution in [-0.2, 0) is 0 Å². The molecule has 0 saturated heterocycles. The average Bonchev–Trinajstić information content (AvgIpc) is 2.39. The Morgan fingerprint density at radius 1 is 1.12 bits per heavy atom. The van der Waals surface area contributed by atoms with Crippen molar-refractivity contribution >= 4 is 5.91 Å². The zero-order chi connectivity index (χ0) is 12.5. The van der Waals surface area contributed by atoms with Crippen LogP contribution in [0.2, 0.25) is 0 Å². The van der Waals surface area contributed by atoms with Crippen molar-refractivity contribution in [2.75, 3.05) is 13.1 Å². The fraction of sp³-hybridized carbons (Fsp3) is 0.533. The van der Waals surface area contributed by atoms with Gasteiger partial charge in [-0.2, -0.15) is 0 Å². The number of hydrogen-bond acceptors (Lipinski definition) is 1. The molecule has 1 amide bonds. The number of hydrogen-bond donors (Lipinski definition) is 0. The maximum Gasteiger partial charge on any atom is 0.253 e. The van der Waals surface area contributed by atoms with Gasteiger partial charge in [-0.3, -0.25) is 4.79 Å². The molecule has 0 aliphatic rings. The van der Waals surface area contributed by atoms with Crippen LogP contribution in [0, 0.1) is 6.07 Å². The van der Waals surface area contributed by atoms with E-state index in [0.29, 0.717) is 0 Å². The monoisotopic (exact) mass is 232 g/mol. The standard InChI is InChI=1S/C15H22NO/c1-3-5-12-16(13-6-4-2)15(17)14-10-8-7-9-11-14/h8-11H,3-6,12-13H2,1-2H3. The van der Waals surface area contributed by atoms with E-state index in [2.05, 4.69) is 19.9 Å². The van der Waals surface area contributed by atoms with Gasteiger partial charge in [-0.1, -0.05) is 38.8 Å². The van der Waals surface area contributed by atoms with Crippen LogP contribution < -0.4 is 0 Å². The van der Waals surface area contributed by atoms with Crippen molar-refractivity contribution in [2.45, 2.75) is 39.5 Å². The summed E-state index contributed by atoms with van der Waals surface area (Å²) in [6.45, 7) is 6.04. The van der Waals surface area contributed by atoms with E-state index in [1.807, 2.05) is 17.0 Å². The van der Waals surface area contributed by atoms with E-state index < -0.39 is 0 Å². The molecule has 17 heavy (non-hydrogen) atoms. The molecule has 1 rings (SSSR count). The zero-order valence-corrected chi connectivity index (χ0v) is 10.9. The van der Waals surface area contributed by atoms with Gasteiger partial charge in [0, 0.05) is 18.7 Å². The van der Waals surface area contributed by atoms with Crippen LogP contribution in [0.25, 0.3) is 0 Å². The van der Waals surface area contributed by atoms with E-state index >= 15 is 0 Å². The number of amides is 1. The van der Waals surface area contributed by atoms with Gasteiger partial charge in [0.2, 0.25) is 0 Å². The minimum atomic E-state index is 0.154. The number of unbranched alkanes of at least 4 members (excludes halogenated alkanes) is 2. The number of nitrogens with zero attached hydrogens (tertiary/aromatic N) is 1. The molecule has 1 aromatic rings. The minimum Gasteiger partial charge on any atom is -0.339 e. The van der Waals surface area contributed by atoms with E-state index in [1.54, 1.807) is 12.1 Å². The lowest BCUT2D eigenvalue weighted by Gasteiger charge is -2.22. The molecule has 0 atom stereocenters. The molecule has 0 fully saturated rings. The molecule has 2 nitrogen and oxygen atoms in total. The topological polar surface area (TPSA) is 20.3 Å².